The van der Waals surface area contributed by atoms with Crippen LogP contribution in [0.2, 0.25) is 0 Å². The van der Waals surface area contributed by atoms with Crippen LogP contribution in [0, 0.1) is 0 Å². The second kappa shape index (κ2) is 5.65. The Kier molecular flexibility index (Phi) is 5.68. The van der Waals surface area contributed by atoms with Gasteiger partial charge in [-0.2, -0.15) is 0 Å². The molecule has 0 fully saturated rings. The largest absolute Gasteiger partial charge is 0.532 e. The molecule has 0 aliphatic carbocycles. The first kappa shape index (κ1) is 12.0. The maximum atomic E-state index is 10.7. The molecule has 0 aliphatic rings. The van der Waals surface area contributed by atoms with Crippen molar-refractivity contribution in [3.63, 3.8) is 0 Å². The maximum Gasteiger partial charge on any atom is 0.532 e. The van der Waals surface area contributed by atoms with E-state index >= 15 is 0 Å². The van der Waals surface area contributed by atoms with Gasteiger partial charge in [-0.1, -0.05) is 13.3 Å². The Morgan fingerprint density at radius 3 is 2.67 bits per heavy atom. The third-order valence-corrected chi connectivity index (χ3v) is 2.58. The molecule has 0 aliphatic heterocycles. The fourth-order valence-corrected chi connectivity index (χ4v) is 1.04. The summed E-state index contributed by atoms with van der Waals surface area (Å²) in [7, 11) is -2.58. The van der Waals surface area contributed by atoms with Gasteiger partial charge in [0.25, 0.3) is 0 Å². The molecule has 1 N–H and O–H groups in total. The van der Waals surface area contributed by atoms with E-state index < -0.39 is 13.8 Å². The first-order valence-electron chi connectivity index (χ1n) is 3.45. The van der Waals surface area contributed by atoms with Gasteiger partial charge in [-0.3, -0.25) is 14.0 Å². The minimum absolute atomic E-state index is 0.134. The van der Waals surface area contributed by atoms with Crippen LogP contribution in [0.1, 0.15) is 26.2 Å². The number of carbonyl (C=O) groups is 1. The summed E-state index contributed by atoms with van der Waals surface area (Å²) in [5.74, 6) is -0.717. The van der Waals surface area contributed by atoms with Gasteiger partial charge in [0.15, 0.2) is 0 Å². The van der Waals surface area contributed by atoms with Gasteiger partial charge in [-0.05, 0) is 6.42 Å². The lowest BCUT2D eigenvalue weighted by Gasteiger charge is -2.07. The fourth-order valence-electron chi connectivity index (χ4n) is 0.517. The van der Waals surface area contributed by atoms with E-state index in [2.05, 4.69) is 8.83 Å². The van der Waals surface area contributed by atoms with Crippen LogP contribution in [0.15, 0.2) is 0 Å². The summed E-state index contributed by atoms with van der Waals surface area (Å²) in [4.78, 5) is 19.4. The third kappa shape index (κ3) is 5.67. The van der Waals surface area contributed by atoms with Crippen molar-refractivity contribution in [1.82, 2.24) is 0 Å². The highest BCUT2D eigenvalue weighted by Gasteiger charge is 2.23. The topological polar surface area (TPSA) is 72.8 Å². The Bertz CT molecular complexity index is 192. The zero-order valence-electron chi connectivity index (χ0n) is 6.73. The summed E-state index contributed by atoms with van der Waals surface area (Å²) in [6, 6.07) is 0. The van der Waals surface area contributed by atoms with Crippen LogP contribution in [0.25, 0.3) is 0 Å². The van der Waals surface area contributed by atoms with Gasteiger partial charge in [0.2, 0.25) is 0 Å². The summed E-state index contributed by atoms with van der Waals surface area (Å²) in [5, 5.41) is 0. The first-order valence-corrected chi connectivity index (χ1v) is 5.42. The van der Waals surface area contributed by atoms with Crippen molar-refractivity contribution < 1.29 is 23.1 Å². The molecule has 7 heteroatoms. The van der Waals surface area contributed by atoms with Gasteiger partial charge in [0.1, 0.15) is 0 Å². The van der Waals surface area contributed by atoms with Crippen molar-refractivity contribution in [2.75, 3.05) is 0 Å². The van der Waals surface area contributed by atoms with Gasteiger partial charge >= 0.3 is 13.8 Å². The lowest BCUT2D eigenvalue weighted by Crippen LogP contribution is -2.01. The Balaban J connectivity index is 3.76. The number of carbonyl (C=O) groups excluding carboxylic acids is 1. The van der Waals surface area contributed by atoms with Crippen molar-refractivity contribution in [2.45, 2.75) is 26.2 Å². The van der Waals surface area contributed by atoms with Crippen LogP contribution < -0.4 is 0 Å². The van der Waals surface area contributed by atoms with E-state index in [4.69, 9.17) is 4.89 Å². The maximum absolute atomic E-state index is 10.7. The Morgan fingerprint density at radius 2 is 2.25 bits per heavy atom. The van der Waals surface area contributed by atoms with Crippen LogP contribution in [0.3, 0.4) is 0 Å². The molecular formula is C5H12O5P2. The van der Waals surface area contributed by atoms with Gasteiger partial charge in [0.05, 0.1) is 0 Å². The molecule has 0 rings (SSSR count). The van der Waals surface area contributed by atoms with E-state index in [1.807, 2.05) is 6.92 Å². The van der Waals surface area contributed by atoms with Gasteiger partial charge in [-0.15, -0.1) is 0 Å². The summed E-state index contributed by atoms with van der Waals surface area (Å²) < 4.78 is 18.7. The summed E-state index contributed by atoms with van der Waals surface area (Å²) in [6.07, 6.45) is 1.59. The minimum atomic E-state index is -4.16. The highest BCUT2D eigenvalue weighted by atomic mass is 31.2. The van der Waals surface area contributed by atoms with E-state index in [0.717, 1.165) is 6.42 Å². The predicted octanol–water partition coefficient (Wildman–Crippen LogP) is 1.63. The zero-order chi connectivity index (χ0) is 9.61. The second-order valence-electron chi connectivity index (χ2n) is 2.14. The molecule has 0 saturated carbocycles. The molecule has 0 aromatic carbocycles. The van der Waals surface area contributed by atoms with Crippen molar-refractivity contribution in [2.24, 2.45) is 0 Å². The number of rotatable bonds is 5. The number of phosphoric acid groups is 1. The van der Waals surface area contributed by atoms with Crippen molar-refractivity contribution in [1.29, 1.82) is 0 Å². The predicted molar refractivity (Wildman–Crippen MR) is 46.2 cm³/mol. The molecule has 0 heterocycles. The standard InChI is InChI=1S/C5H12O5P2/c1-2-3-4-5(6)9-12(7,8)10-11/h2-4,11H2,1H3,(H,7,8). The number of phosphoric ester groups is 1. The van der Waals surface area contributed by atoms with Crippen molar-refractivity contribution >= 4 is 23.3 Å². The molecule has 0 radical (unpaired) electrons. The third-order valence-electron chi connectivity index (χ3n) is 1.08. The number of hydrogen-bond donors (Lipinski definition) is 1. The molecule has 2 atom stereocenters. The van der Waals surface area contributed by atoms with Crippen LogP contribution in [0.4, 0.5) is 0 Å². The Labute approximate surface area is 73.3 Å². The summed E-state index contributed by atoms with van der Waals surface area (Å²) >= 11 is 0. The van der Waals surface area contributed by atoms with Crippen LogP contribution in [-0.4, -0.2) is 10.9 Å². The quantitative estimate of drug-likeness (QED) is 0.704. The van der Waals surface area contributed by atoms with Crippen molar-refractivity contribution in [3.8, 4) is 0 Å². The van der Waals surface area contributed by atoms with Gasteiger partial charge in [-0.25, -0.2) is 4.57 Å². The molecule has 0 bridgehead atoms. The summed E-state index contributed by atoms with van der Waals surface area (Å²) in [6.45, 7) is 1.90. The van der Waals surface area contributed by atoms with Crippen LogP contribution >= 0.6 is 17.3 Å². The second-order valence-corrected chi connectivity index (χ2v) is 4.10. The highest BCUT2D eigenvalue weighted by Crippen LogP contribution is 2.45. The fraction of sp³-hybridized carbons (Fsp3) is 0.800. The average Bonchev–Trinajstić information content (AvgIpc) is 2.00. The van der Waals surface area contributed by atoms with E-state index in [9.17, 15) is 9.36 Å². The molecule has 0 amide bonds. The summed E-state index contributed by atoms with van der Waals surface area (Å²) in [5.41, 5.74) is 0. The SMILES string of the molecule is CCCCC(=O)OP(=O)(O)OP. The van der Waals surface area contributed by atoms with Gasteiger partial charge < -0.3 is 4.52 Å². The van der Waals surface area contributed by atoms with E-state index in [0.29, 0.717) is 6.42 Å². The minimum Gasteiger partial charge on any atom is -0.370 e. The highest BCUT2D eigenvalue weighted by molar-refractivity contribution is 7.52. The normalized spacial score (nSPS) is 15.2. The molecule has 5 nitrogen and oxygen atoms in total. The zero-order valence-corrected chi connectivity index (χ0v) is 8.78. The van der Waals surface area contributed by atoms with Gasteiger partial charge in [0, 0.05) is 15.9 Å². The average molecular weight is 214 g/mol. The molecule has 12 heavy (non-hydrogen) atoms. The van der Waals surface area contributed by atoms with Crippen LogP contribution in [0.5, 0.6) is 0 Å². The van der Waals surface area contributed by atoms with E-state index in [1.165, 1.54) is 0 Å². The van der Waals surface area contributed by atoms with Crippen molar-refractivity contribution in [3.05, 3.63) is 0 Å². The van der Waals surface area contributed by atoms with E-state index in [-0.39, 0.29) is 6.42 Å². The molecular weight excluding hydrogens is 202 g/mol. The smallest absolute Gasteiger partial charge is 0.370 e. The molecule has 0 aromatic heterocycles. The Hall–Kier alpha value is 0.0500. The molecule has 0 spiro atoms. The lowest BCUT2D eigenvalue weighted by molar-refractivity contribution is -0.135. The molecule has 0 aromatic rings. The molecule has 72 valence electrons. The molecule has 2 unspecified atom stereocenters. The first-order chi connectivity index (χ1) is 5.52. The number of hydrogen-bond acceptors (Lipinski definition) is 4. The monoisotopic (exact) mass is 214 g/mol. The van der Waals surface area contributed by atoms with Crippen LogP contribution in [-0.2, 0) is 18.2 Å². The number of unbranched alkanes of at least 4 members (excludes halogenated alkanes) is 1. The van der Waals surface area contributed by atoms with E-state index in [1.54, 1.807) is 9.47 Å². The lowest BCUT2D eigenvalue weighted by atomic mass is 10.3. The Morgan fingerprint density at radius 1 is 1.67 bits per heavy atom. The molecule has 0 saturated heterocycles.